The fourth-order valence-electron chi connectivity index (χ4n) is 0.948. The van der Waals surface area contributed by atoms with Gasteiger partial charge in [-0.2, -0.15) is 4.98 Å². The first-order valence-electron chi connectivity index (χ1n) is 4.76. The standard InChI is InChI=1S/C9H14N3O3S/c1-8-4-6-10-9(12-8)15-7-3-5-11-16(2,13)14/h6,11H,3,5,7H2,1-2H3. The van der Waals surface area contributed by atoms with Gasteiger partial charge in [-0.15, -0.1) is 0 Å². The molecule has 0 unspecified atom stereocenters. The van der Waals surface area contributed by atoms with Crippen LogP contribution in [0.2, 0.25) is 0 Å². The minimum Gasteiger partial charge on any atom is -0.463 e. The topological polar surface area (TPSA) is 81.2 Å². The molecule has 1 rings (SSSR count). The van der Waals surface area contributed by atoms with Crippen molar-refractivity contribution in [3.63, 3.8) is 0 Å². The Morgan fingerprint density at radius 1 is 1.56 bits per heavy atom. The van der Waals surface area contributed by atoms with E-state index in [1.807, 2.05) is 0 Å². The van der Waals surface area contributed by atoms with Crippen molar-refractivity contribution in [1.29, 1.82) is 0 Å². The van der Waals surface area contributed by atoms with E-state index in [2.05, 4.69) is 20.8 Å². The Morgan fingerprint density at radius 3 is 2.94 bits per heavy atom. The highest BCUT2D eigenvalue weighted by molar-refractivity contribution is 7.88. The number of aryl methyl sites for hydroxylation is 1. The first-order chi connectivity index (χ1) is 7.47. The molecule has 7 heteroatoms. The van der Waals surface area contributed by atoms with E-state index in [0.29, 0.717) is 25.3 Å². The van der Waals surface area contributed by atoms with Crippen molar-refractivity contribution < 1.29 is 13.2 Å². The molecular weight excluding hydrogens is 230 g/mol. The molecule has 6 nitrogen and oxygen atoms in total. The van der Waals surface area contributed by atoms with E-state index in [-0.39, 0.29) is 6.01 Å². The van der Waals surface area contributed by atoms with Gasteiger partial charge in [0.15, 0.2) is 0 Å². The Balaban J connectivity index is 2.21. The van der Waals surface area contributed by atoms with E-state index in [4.69, 9.17) is 4.74 Å². The van der Waals surface area contributed by atoms with Gasteiger partial charge in [-0.3, -0.25) is 0 Å². The maximum Gasteiger partial charge on any atom is 0.316 e. The predicted octanol–water partition coefficient (Wildman–Crippen LogP) is -0.0967. The van der Waals surface area contributed by atoms with Gasteiger partial charge < -0.3 is 4.74 Å². The van der Waals surface area contributed by atoms with Crippen LogP contribution in [0.15, 0.2) is 6.20 Å². The van der Waals surface area contributed by atoms with Crippen LogP contribution in [0.5, 0.6) is 6.01 Å². The van der Waals surface area contributed by atoms with E-state index in [0.717, 1.165) is 6.26 Å². The second-order valence-electron chi connectivity index (χ2n) is 3.25. The van der Waals surface area contributed by atoms with Gasteiger partial charge in [0, 0.05) is 18.8 Å². The molecule has 16 heavy (non-hydrogen) atoms. The summed E-state index contributed by atoms with van der Waals surface area (Å²) >= 11 is 0. The smallest absolute Gasteiger partial charge is 0.316 e. The van der Waals surface area contributed by atoms with Crippen molar-refractivity contribution in [2.45, 2.75) is 13.3 Å². The summed E-state index contributed by atoms with van der Waals surface area (Å²) < 4.78 is 29.0. The highest BCUT2D eigenvalue weighted by Gasteiger charge is 2.00. The average Bonchev–Trinajstić information content (AvgIpc) is 2.15. The highest BCUT2D eigenvalue weighted by atomic mass is 32.2. The molecule has 0 fully saturated rings. The Hall–Kier alpha value is -1.21. The molecule has 0 bridgehead atoms. The largest absolute Gasteiger partial charge is 0.463 e. The summed E-state index contributed by atoms with van der Waals surface area (Å²) in [6.45, 7) is 2.50. The molecule has 0 aliphatic carbocycles. The van der Waals surface area contributed by atoms with E-state index in [1.54, 1.807) is 6.92 Å². The van der Waals surface area contributed by atoms with Gasteiger partial charge in [-0.25, -0.2) is 18.1 Å². The van der Waals surface area contributed by atoms with Gasteiger partial charge in [-0.05, 0) is 13.3 Å². The van der Waals surface area contributed by atoms with Crippen LogP contribution in [0.1, 0.15) is 12.1 Å². The van der Waals surface area contributed by atoms with Crippen LogP contribution in [0.25, 0.3) is 0 Å². The van der Waals surface area contributed by atoms with Gasteiger partial charge in [0.1, 0.15) is 0 Å². The normalized spacial score (nSPS) is 11.4. The van der Waals surface area contributed by atoms with Gasteiger partial charge in [-0.1, -0.05) is 0 Å². The third-order valence-corrected chi connectivity index (χ3v) is 2.36. The first kappa shape index (κ1) is 12.9. The van der Waals surface area contributed by atoms with Crippen LogP contribution in [-0.4, -0.2) is 37.8 Å². The predicted molar refractivity (Wildman–Crippen MR) is 58.6 cm³/mol. The summed E-state index contributed by atoms with van der Waals surface area (Å²) in [5, 5.41) is 0. The summed E-state index contributed by atoms with van der Waals surface area (Å²) in [5.74, 6) is 0. The Bertz CT molecular complexity index is 433. The van der Waals surface area contributed by atoms with Crippen molar-refractivity contribution in [1.82, 2.24) is 14.7 Å². The quantitative estimate of drug-likeness (QED) is 0.707. The van der Waals surface area contributed by atoms with Crippen molar-refractivity contribution in [2.75, 3.05) is 19.4 Å². The molecule has 0 aliphatic heterocycles. The Labute approximate surface area is 95.1 Å². The second-order valence-corrected chi connectivity index (χ2v) is 5.08. The van der Waals surface area contributed by atoms with Gasteiger partial charge in [0.2, 0.25) is 10.0 Å². The Morgan fingerprint density at radius 2 is 2.31 bits per heavy atom. The minimum absolute atomic E-state index is 0.288. The first-order valence-corrected chi connectivity index (χ1v) is 6.65. The molecule has 1 aromatic rings. The monoisotopic (exact) mass is 244 g/mol. The summed E-state index contributed by atoms with van der Waals surface area (Å²) in [5.41, 5.74) is 0.708. The molecule has 89 valence electrons. The van der Waals surface area contributed by atoms with Gasteiger partial charge >= 0.3 is 6.01 Å². The van der Waals surface area contributed by atoms with Crippen molar-refractivity contribution in [3.05, 3.63) is 18.0 Å². The molecule has 0 aliphatic rings. The van der Waals surface area contributed by atoms with Crippen LogP contribution < -0.4 is 9.46 Å². The molecule has 0 amide bonds. The maximum absolute atomic E-state index is 10.7. The van der Waals surface area contributed by atoms with Crippen LogP contribution in [0, 0.1) is 13.0 Å². The van der Waals surface area contributed by atoms with Crippen molar-refractivity contribution in [3.8, 4) is 6.01 Å². The lowest BCUT2D eigenvalue weighted by atomic mass is 10.4. The molecule has 1 heterocycles. The average molecular weight is 244 g/mol. The Kier molecular flexibility index (Phi) is 4.63. The van der Waals surface area contributed by atoms with Crippen LogP contribution in [0.3, 0.4) is 0 Å². The molecule has 0 atom stereocenters. The number of nitrogens with zero attached hydrogens (tertiary/aromatic N) is 2. The number of nitrogens with one attached hydrogen (secondary N) is 1. The van der Waals surface area contributed by atoms with Crippen molar-refractivity contribution in [2.24, 2.45) is 0 Å². The molecule has 1 radical (unpaired) electrons. The molecule has 0 saturated heterocycles. The second kappa shape index (κ2) is 5.76. The molecule has 1 aromatic heterocycles. The number of sulfonamides is 1. The number of rotatable bonds is 6. The molecule has 0 aromatic carbocycles. The lowest BCUT2D eigenvalue weighted by Gasteiger charge is -2.04. The van der Waals surface area contributed by atoms with Crippen LogP contribution in [0.4, 0.5) is 0 Å². The third-order valence-electron chi connectivity index (χ3n) is 1.63. The molecule has 0 spiro atoms. The summed E-state index contributed by atoms with van der Waals surface area (Å²) in [4.78, 5) is 7.85. The highest BCUT2D eigenvalue weighted by Crippen LogP contribution is 2.01. The summed E-state index contributed by atoms with van der Waals surface area (Å²) in [7, 11) is -3.12. The van der Waals surface area contributed by atoms with E-state index < -0.39 is 10.0 Å². The van der Waals surface area contributed by atoms with E-state index in [9.17, 15) is 8.42 Å². The summed E-state index contributed by atoms with van der Waals surface area (Å²) in [6.07, 6.45) is 3.17. The number of hydrogen-bond donors (Lipinski definition) is 1. The minimum atomic E-state index is -3.12. The third kappa shape index (κ3) is 5.62. The molecular formula is C9H14N3O3S. The number of ether oxygens (including phenoxy) is 1. The number of aromatic nitrogens is 2. The summed E-state index contributed by atoms with van der Waals surface area (Å²) in [6, 6.07) is 3.09. The lowest BCUT2D eigenvalue weighted by Crippen LogP contribution is -2.24. The SMILES string of the molecule is Cc1[c]cnc(OCCCNS(C)(=O)=O)n1. The van der Waals surface area contributed by atoms with Gasteiger partial charge in [0.05, 0.1) is 18.6 Å². The zero-order valence-corrected chi connectivity index (χ0v) is 10.0. The zero-order chi connectivity index (χ0) is 12.0. The number of hydrogen-bond acceptors (Lipinski definition) is 5. The maximum atomic E-state index is 10.7. The van der Waals surface area contributed by atoms with Gasteiger partial charge in [0.25, 0.3) is 0 Å². The lowest BCUT2D eigenvalue weighted by molar-refractivity contribution is 0.286. The van der Waals surface area contributed by atoms with Crippen LogP contribution in [-0.2, 0) is 10.0 Å². The van der Waals surface area contributed by atoms with E-state index in [1.165, 1.54) is 6.20 Å². The molecule has 0 saturated carbocycles. The van der Waals surface area contributed by atoms with Crippen molar-refractivity contribution >= 4 is 10.0 Å². The fraction of sp³-hybridized carbons (Fsp3) is 0.556. The molecule has 1 N–H and O–H groups in total. The van der Waals surface area contributed by atoms with Crippen LogP contribution >= 0.6 is 0 Å². The van der Waals surface area contributed by atoms with E-state index >= 15 is 0 Å². The fourth-order valence-corrected chi connectivity index (χ4v) is 1.46. The zero-order valence-electron chi connectivity index (χ0n) is 9.23.